The molecule has 24 heavy (non-hydrogen) atoms. The van der Waals surface area contributed by atoms with Gasteiger partial charge >= 0.3 is 0 Å². The smallest absolute Gasteiger partial charge is 0.270 e. The lowest BCUT2D eigenvalue weighted by molar-refractivity contribution is 0.0947. The molecule has 1 aromatic heterocycles. The first-order valence-corrected chi connectivity index (χ1v) is 8.13. The molecule has 0 saturated carbocycles. The number of aryl methyl sites for hydroxylation is 1. The summed E-state index contributed by atoms with van der Waals surface area (Å²) in [4.78, 5) is 22.8. The maximum Gasteiger partial charge on any atom is 0.270 e. The average Bonchev–Trinajstić information content (AvgIpc) is 2.50. The van der Waals surface area contributed by atoms with Gasteiger partial charge in [0, 0.05) is 23.3 Å². The maximum atomic E-state index is 12.2. The van der Waals surface area contributed by atoms with Crippen molar-refractivity contribution in [2.45, 2.75) is 13.3 Å². The van der Waals surface area contributed by atoms with Gasteiger partial charge in [-0.05, 0) is 52.2 Å². The van der Waals surface area contributed by atoms with Crippen LogP contribution in [0, 0.1) is 6.92 Å². The van der Waals surface area contributed by atoms with Gasteiger partial charge in [-0.15, -0.1) is 0 Å². The molecule has 0 radical (unpaired) electrons. The van der Waals surface area contributed by atoms with E-state index in [1.54, 1.807) is 25.1 Å². The molecule has 2 N–H and O–H groups in total. The number of benzene rings is 1. The minimum absolute atomic E-state index is 0.201. The Balaban J connectivity index is 2.03. The van der Waals surface area contributed by atoms with Crippen molar-refractivity contribution in [1.29, 1.82) is 0 Å². The summed E-state index contributed by atoms with van der Waals surface area (Å²) < 4.78 is 0. The highest BCUT2D eigenvalue weighted by Crippen LogP contribution is 2.19. The molecule has 0 aliphatic carbocycles. The average molecular weight is 348 g/mol. The molecule has 6 nitrogen and oxygen atoms in total. The molecule has 0 spiro atoms. The van der Waals surface area contributed by atoms with E-state index < -0.39 is 0 Å². The summed E-state index contributed by atoms with van der Waals surface area (Å²) in [6.07, 6.45) is 0.885. The van der Waals surface area contributed by atoms with Crippen LogP contribution in [0.3, 0.4) is 0 Å². The molecule has 0 saturated heterocycles. The van der Waals surface area contributed by atoms with Crippen molar-refractivity contribution in [3.63, 3.8) is 0 Å². The van der Waals surface area contributed by atoms with Crippen molar-refractivity contribution in [1.82, 2.24) is 20.2 Å². The molecule has 0 aliphatic rings. The van der Waals surface area contributed by atoms with Crippen LogP contribution in [-0.2, 0) is 0 Å². The highest BCUT2D eigenvalue weighted by Gasteiger charge is 2.10. The number of amides is 1. The standard InChI is InChI=1S/C17H22ClN5O/c1-12-20-15(17(24)19-8-5-9-23(2)3)11-16(21-12)22-14-7-4-6-13(18)10-14/h4,6-7,10-11H,5,8-9H2,1-3H3,(H,19,24)(H,20,21,22). The Morgan fingerprint density at radius 2 is 2.04 bits per heavy atom. The second kappa shape index (κ2) is 8.61. The fraction of sp³-hybridized carbons (Fsp3) is 0.353. The molecule has 7 heteroatoms. The quantitative estimate of drug-likeness (QED) is 0.754. The van der Waals surface area contributed by atoms with Crippen molar-refractivity contribution in [2.75, 3.05) is 32.5 Å². The number of aromatic nitrogens is 2. The van der Waals surface area contributed by atoms with Crippen molar-refractivity contribution in [3.8, 4) is 0 Å². The number of hydrogen-bond donors (Lipinski definition) is 2. The second-order valence-electron chi connectivity index (χ2n) is 5.73. The predicted octanol–water partition coefficient (Wildman–Crippen LogP) is 2.86. The third kappa shape index (κ3) is 5.79. The fourth-order valence-corrected chi connectivity index (χ4v) is 2.34. The normalized spacial score (nSPS) is 10.7. The summed E-state index contributed by atoms with van der Waals surface area (Å²) in [5, 5.41) is 6.65. The molecule has 0 fully saturated rings. The van der Waals surface area contributed by atoms with Crippen LogP contribution in [0.2, 0.25) is 5.02 Å². The van der Waals surface area contributed by atoms with Crippen LogP contribution in [0.25, 0.3) is 0 Å². The van der Waals surface area contributed by atoms with Gasteiger partial charge < -0.3 is 15.5 Å². The van der Waals surface area contributed by atoms with Gasteiger partial charge in [-0.1, -0.05) is 17.7 Å². The van der Waals surface area contributed by atoms with E-state index in [2.05, 4.69) is 25.5 Å². The summed E-state index contributed by atoms with van der Waals surface area (Å²) in [6, 6.07) is 8.95. The lowest BCUT2D eigenvalue weighted by atomic mass is 10.3. The molecule has 1 amide bonds. The summed E-state index contributed by atoms with van der Waals surface area (Å²) >= 11 is 5.98. The first kappa shape index (κ1) is 18.2. The van der Waals surface area contributed by atoms with Gasteiger partial charge in [0.05, 0.1) is 0 Å². The zero-order valence-electron chi connectivity index (χ0n) is 14.1. The number of halogens is 1. The Morgan fingerprint density at radius 3 is 2.75 bits per heavy atom. The first-order chi connectivity index (χ1) is 11.4. The van der Waals surface area contributed by atoms with Crippen LogP contribution in [-0.4, -0.2) is 48.0 Å². The van der Waals surface area contributed by atoms with E-state index in [-0.39, 0.29) is 5.91 Å². The van der Waals surface area contributed by atoms with Crippen molar-refractivity contribution < 1.29 is 4.79 Å². The molecule has 0 aliphatic heterocycles. The van der Waals surface area contributed by atoms with Gasteiger partial charge in [0.1, 0.15) is 17.3 Å². The lowest BCUT2D eigenvalue weighted by Gasteiger charge is -2.11. The van der Waals surface area contributed by atoms with Gasteiger partial charge in [0.15, 0.2) is 0 Å². The molecule has 128 valence electrons. The highest BCUT2D eigenvalue weighted by atomic mass is 35.5. The molecule has 1 aromatic carbocycles. The Morgan fingerprint density at radius 1 is 1.25 bits per heavy atom. The lowest BCUT2D eigenvalue weighted by Crippen LogP contribution is -2.28. The Labute approximate surface area is 147 Å². The van der Waals surface area contributed by atoms with E-state index in [0.29, 0.717) is 28.9 Å². The van der Waals surface area contributed by atoms with Gasteiger partial charge in [-0.25, -0.2) is 9.97 Å². The molecule has 2 rings (SSSR count). The fourth-order valence-electron chi connectivity index (χ4n) is 2.15. The molecular formula is C17H22ClN5O. The summed E-state index contributed by atoms with van der Waals surface area (Å²) in [5.41, 5.74) is 1.15. The van der Waals surface area contributed by atoms with Gasteiger partial charge in [0.25, 0.3) is 5.91 Å². The Kier molecular flexibility index (Phi) is 6.52. The minimum Gasteiger partial charge on any atom is -0.351 e. The molecule has 0 atom stereocenters. The van der Waals surface area contributed by atoms with Crippen molar-refractivity contribution in [2.24, 2.45) is 0 Å². The van der Waals surface area contributed by atoms with Crippen LogP contribution < -0.4 is 10.6 Å². The number of nitrogens with zero attached hydrogens (tertiary/aromatic N) is 3. The zero-order chi connectivity index (χ0) is 17.5. The maximum absolute atomic E-state index is 12.2. The third-order valence-corrected chi connectivity index (χ3v) is 3.47. The first-order valence-electron chi connectivity index (χ1n) is 7.75. The predicted molar refractivity (Wildman–Crippen MR) is 97.0 cm³/mol. The van der Waals surface area contributed by atoms with Crippen LogP contribution in [0.1, 0.15) is 22.7 Å². The number of anilines is 2. The van der Waals surface area contributed by atoms with Crippen LogP contribution >= 0.6 is 11.6 Å². The molecule has 1 heterocycles. The topological polar surface area (TPSA) is 70.2 Å². The SMILES string of the molecule is Cc1nc(Nc2cccc(Cl)c2)cc(C(=O)NCCCN(C)C)n1. The second-order valence-corrected chi connectivity index (χ2v) is 6.17. The Bertz CT molecular complexity index is 705. The number of carbonyl (C=O) groups excluding carboxylic acids is 1. The van der Waals surface area contributed by atoms with Crippen molar-refractivity contribution in [3.05, 3.63) is 46.9 Å². The van der Waals surface area contributed by atoms with Crippen molar-refractivity contribution >= 4 is 29.0 Å². The van der Waals surface area contributed by atoms with E-state index in [9.17, 15) is 4.79 Å². The zero-order valence-corrected chi connectivity index (χ0v) is 14.9. The Hall–Kier alpha value is -2.18. The summed E-state index contributed by atoms with van der Waals surface area (Å²) in [5.74, 6) is 0.886. The molecular weight excluding hydrogens is 326 g/mol. The number of hydrogen-bond acceptors (Lipinski definition) is 5. The minimum atomic E-state index is -0.201. The van der Waals surface area contributed by atoms with Gasteiger partial charge in [-0.3, -0.25) is 4.79 Å². The van der Waals surface area contributed by atoms with E-state index in [4.69, 9.17) is 11.6 Å². The largest absolute Gasteiger partial charge is 0.351 e. The third-order valence-electron chi connectivity index (χ3n) is 3.24. The number of carbonyl (C=O) groups is 1. The van der Waals surface area contributed by atoms with E-state index in [1.807, 2.05) is 26.2 Å². The van der Waals surface area contributed by atoms with Crippen LogP contribution in [0.5, 0.6) is 0 Å². The summed E-state index contributed by atoms with van der Waals surface area (Å²) in [6.45, 7) is 3.29. The summed E-state index contributed by atoms with van der Waals surface area (Å²) in [7, 11) is 4.01. The van der Waals surface area contributed by atoms with E-state index >= 15 is 0 Å². The molecule has 0 unspecified atom stereocenters. The number of nitrogens with one attached hydrogen (secondary N) is 2. The molecule has 2 aromatic rings. The number of rotatable bonds is 7. The van der Waals surface area contributed by atoms with E-state index in [0.717, 1.165) is 18.7 Å². The van der Waals surface area contributed by atoms with Gasteiger partial charge in [-0.2, -0.15) is 0 Å². The van der Waals surface area contributed by atoms with Crippen LogP contribution in [0.15, 0.2) is 30.3 Å². The van der Waals surface area contributed by atoms with Crippen LogP contribution in [0.4, 0.5) is 11.5 Å². The van der Waals surface area contributed by atoms with Gasteiger partial charge in [0.2, 0.25) is 0 Å². The monoisotopic (exact) mass is 347 g/mol. The molecule has 0 bridgehead atoms. The van der Waals surface area contributed by atoms with E-state index in [1.165, 1.54) is 0 Å². The highest BCUT2D eigenvalue weighted by molar-refractivity contribution is 6.30.